The molecule has 24 heavy (non-hydrogen) atoms. The largest absolute Gasteiger partial charge is 0.480 e. The summed E-state index contributed by atoms with van der Waals surface area (Å²) < 4.78 is 21.4. The fraction of sp³-hybridized carbons (Fsp3) is 0.471. The van der Waals surface area contributed by atoms with Gasteiger partial charge in [0.2, 0.25) is 6.29 Å². The van der Waals surface area contributed by atoms with E-state index in [2.05, 4.69) is 5.92 Å². The second-order valence-corrected chi connectivity index (χ2v) is 5.28. The number of terminal acetylenes is 1. The van der Waals surface area contributed by atoms with Crippen molar-refractivity contribution in [2.75, 3.05) is 13.2 Å². The Morgan fingerprint density at radius 1 is 1.42 bits per heavy atom. The predicted molar refractivity (Wildman–Crippen MR) is 83.2 cm³/mol. The summed E-state index contributed by atoms with van der Waals surface area (Å²) in [6.45, 7) is 0.273. The standard InChI is InChI=1S/C17H20O7/c1-2-5-22-16-8-14(4-3-12(16)10-21-11-19)23-17-7-13(20)6-15(9-18)24-17/h1,3-4,8,11,13,15,17-18,20H,5-7,9-10H2. The van der Waals surface area contributed by atoms with Crippen LogP contribution in [0, 0.1) is 12.3 Å². The third-order valence-electron chi connectivity index (χ3n) is 3.47. The lowest BCUT2D eigenvalue weighted by atomic mass is 10.1. The topological polar surface area (TPSA) is 94.5 Å². The first kappa shape index (κ1) is 18.1. The molecule has 0 amide bonds. The lowest BCUT2D eigenvalue weighted by Crippen LogP contribution is -2.40. The van der Waals surface area contributed by atoms with Gasteiger partial charge < -0.3 is 29.2 Å². The minimum absolute atomic E-state index is 0.0505. The normalized spacial score (nSPS) is 23.1. The highest BCUT2D eigenvalue weighted by Gasteiger charge is 2.29. The van der Waals surface area contributed by atoms with E-state index >= 15 is 0 Å². The third kappa shape index (κ3) is 5.13. The van der Waals surface area contributed by atoms with E-state index in [1.54, 1.807) is 18.2 Å². The average molecular weight is 336 g/mol. The summed E-state index contributed by atoms with van der Waals surface area (Å²) in [5, 5.41) is 19.0. The second-order valence-electron chi connectivity index (χ2n) is 5.28. The van der Waals surface area contributed by atoms with E-state index < -0.39 is 18.5 Å². The van der Waals surface area contributed by atoms with Crippen molar-refractivity contribution in [2.45, 2.75) is 37.9 Å². The average Bonchev–Trinajstić information content (AvgIpc) is 2.58. The number of carbonyl (C=O) groups excluding carboxylic acids is 1. The molecule has 2 rings (SSSR count). The van der Waals surface area contributed by atoms with Crippen LogP contribution in [0.2, 0.25) is 0 Å². The summed E-state index contributed by atoms with van der Waals surface area (Å²) in [6, 6.07) is 4.97. The monoisotopic (exact) mass is 336 g/mol. The van der Waals surface area contributed by atoms with Crippen molar-refractivity contribution in [3.8, 4) is 23.8 Å². The van der Waals surface area contributed by atoms with E-state index in [1.807, 2.05) is 0 Å². The first-order chi connectivity index (χ1) is 11.7. The van der Waals surface area contributed by atoms with Crippen molar-refractivity contribution >= 4 is 6.47 Å². The number of hydrogen-bond acceptors (Lipinski definition) is 7. The molecular weight excluding hydrogens is 316 g/mol. The molecule has 1 fully saturated rings. The zero-order chi connectivity index (χ0) is 17.4. The molecule has 7 nitrogen and oxygen atoms in total. The van der Waals surface area contributed by atoms with Crippen LogP contribution in [0.5, 0.6) is 11.5 Å². The van der Waals surface area contributed by atoms with E-state index in [0.29, 0.717) is 36.4 Å². The Morgan fingerprint density at radius 3 is 2.96 bits per heavy atom. The molecule has 3 atom stereocenters. The van der Waals surface area contributed by atoms with Crippen LogP contribution in [-0.2, 0) is 20.9 Å². The number of hydrogen-bond donors (Lipinski definition) is 2. The van der Waals surface area contributed by atoms with Gasteiger partial charge in [-0.1, -0.05) is 5.92 Å². The van der Waals surface area contributed by atoms with Crippen molar-refractivity contribution < 1.29 is 34.0 Å². The molecule has 0 radical (unpaired) electrons. The summed E-state index contributed by atoms with van der Waals surface area (Å²) in [5.41, 5.74) is 0.641. The van der Waals surface area contributed by atoms with Crippen LogP contribution in [0.25, 0.3) is 0 Å². The van der Waals surface area contributed by atoms with E-state index in [9.17, 15) is 15.0 Å². The van der Waals surface area contributed by atoms with Crippen molar-refractivity contribution in [3.05, 3.63) is 23.8 Å². The van der Waals surface area contributed by atoms with Crippen LogP contribution in [0.4, 0.5) is 0 Å². The molecule has 1 aliphatic heterocycles. The smallest absolute Gasteiger partial charge is 0.293 e. The predicted octanol–water partition coefficient (Wildman–Crippen LogP) is 0.609. The van der Waals surface area contributed by atoms with Crippen LogP contribution in [0.1, 0.15) is 18.4 Å². The van der Waals surface area contributed by atoms with Gasteiger partial charge >= 0.3 is 0 Å². The molecule has 0 aliphatic carbocycles. The Hall–Kier alpha value is -2.27. The molecule has 0 saturated carbocycles. The Kier molecular flexibility index (Phi) is 6.88. The maximum Gasteiger partial charge on any atom is 0.293 e. The highest BCUT2D eigenvalue weighted by Crippen LogP contribution is 2.29. The molecule has 1 heterocycles. The maximum atomic E-state index is 10.3. The van der Waals surface area contributed by atoms with Crippen LogP contribution in [-0.4, -0.2) is 48.4 Å². The molecule has 130 valence electrons. The minimum atomic E-state index is -0.677. The number of aliphatic hydroxyl groups excluding tert-OH is 2. The lowest BCUT2D eigenvalue weighted by molar-refractivity contribution is -0.184. The van der Waals surface area contributed by atoms with Crippen molar-refractivity contribution in [1.82, 2.24) is 0 Å². The Balaban J connectivity index is 2.09. The highest BCUT2D eigenvalue weighted by atomic mass is 16.7. The van der Waals surface area contributed by atoms with Gasteiger partial charge in [0.1, 0.15) is 24.7 Å². The molecule has 0 spiro atoms. The third-order valence-corrected chi connectivity index (χ3v) is 3.47. The molecule has 3 unspecified atom stereocenters. The molecule has 0 aromatic heterocycles. The van der Waals surface area contributed by atoms with Gasteiger partial charge in [-0.2, -0.15) is 0 Å². The van der Waals surface area contributed by atoms with Gasteiger partial charge in [0.15, 0.2) is 0 Å². The fourth-order valence-corrected chi connectivity index (χ4v) is 2.40. The van der Waals surface area contributed by atoms with Gasteiger partial charge in [0, 0.05) is 24.5 Å². The number of ether oxygens (including phenoxy) is 4. The summed E-state index contributed by atoms with van der Waals surface area (Å²) in [5.74, 6) is 3.24. The van der Waals surface area contributed by atoms with Gasteiger partial charge in [0.05, 0.1) is 18.8 Å². The Labute approximate surface area is 140 Å². The van der Waals surface area contributed by atoms with Crippen LogP contribution in [0.3, 0.4) is 0 Å². The zero-order valence-corrected chi connectivity index (χ0v) is 13.1. The zero-order valence-electron chi connectivity index (χ0n) is 13.1. The molecule has 1 aromatic rings. The second kappa shape index (κ2) is 9.13. The van der Waals surface area contributed by atoms with E-state index in [1.165, 1.54) is 0 Å². The molecular formula is C17H20O7. The lowest BCUT2D eigenvalue weighted by Gasteiger charge is -2.32. The summed E-state index contributed by atoms with van der Waals surface area (Å²) in [4.78, 5) is 10.3. The van der Waals surface area contributed by atoms with Crippen LogP contribution >= 0.6 is 0 Å². The molecule has 7 heteroatoms. The number of aliphatic hydroxyl groups is 2. The number of benzene rings is 1. The summed E-state index contributed by atoms with van der Waals surface area (Å²) in [7, 11) is 0. The first-order valence-electron chi connectivity index (χ1n) is 7.51. The summed E-state index contributed by atoms with van der Waals surface area (Å²) >= 11 is 0. The highest BCUT2D eigenvalue weighted by molar-refractivity contribution is 5.43. The molecule has 0 bridgehead atoms. The minimum Gasteiger partial charge on any atom is -0.480 e. The Morgan fingerprint density at radius 2 is 2.25 bits per heavy atom. The first-order valence-corrected chi connectivity index (χ1v) is 7.51. The van der Waals surface area contributed by atoms with Gasteiger partial charge in [-0.25, -0.2) is 0 Å². The fourth-order valence-electron chi connectivity index (χ4n) is 2.40. The van der Waals surface area contributed by atoms with Crippen molar-refractivity contribution in [1.29, 1.82) is 0 Å². The van der Waals surface area contributed by atoms with E-state index in [0.717, 1.165) is 0 Å². The van der Waals surface area contributed by atoms with E-state index in [4.69, 9.17) is 25.4 Å². The van der Waals surface area contributed by atoms with Gasteiger partial charge in [-0.05, 0) is 12.1 Å². The van der Waals surface area contributed by atoms with E-state index in [-0.39, 0.29) is 19.8 Å². The quantitative estimate of drug-likeness (QED) is 0.530. The molecule has 2 N–H and O–H groups in total. The molecule has 1 aromatic carbocycles. The SMILES string of the molecule is C#CCOc1cc(OC2CC(O)CC(CO)O2)ccc1COC=O. The van der Waals surface area contributed by atoms with Crippen LogP contribution < -0.4 is 9.47 Å². The molecule has 1 saturated heterocycles. The van der Waals surface area contributed by atoms with Gasteiger partial charge in [0.25, 0.3) is 6.47 Å². The van der Waals surface area contributed by atoms with Crippen molar-refractivity contribution in [3.63, 3.8) is 0 Å². The molecule has 1 aliphatic rings. The maximum absolute atomic E-state index is 10.3. The van der Waals surface area contributed by atoms with Crippen molar-refractivity contribution in [2.24, 2.45) is 0 Å². The van der Waals surface area contributed by atoms with Crippen LogP contribution in [0.15, 0.2) is 18.2 Å². The number of carbonyl (C=O) groups is 1. The summed E-state index contributed by atoms with van der Waals surface area (Å²) in [6.07, 6.45) is 4.13. The Bertz CT molecular complexity index is 581. The van der Waals surface area contributed by atoms with Gasteiger partial charge in [-0.15, -0.1) is 6.42 Å². The number of rotatable bonds is 8. The van der Waals surface area contributed by atoms with Gasteiger partial charge in [-0.3, -0.25) is 4.79 Å².